The van der Waals surface area contributed by atoms with Gasteiger partial charge < -0.3 is 20.1 Å². The SMILES string of the molecule is COc1cc(NC(=O)c2ccc(C)c([N+](=O)[O-])c2)c(OC)cc1NC(=O)c1ccccc1. The fourth-order valence-corrected chi connectivity index (χ4v) is 3.02. The summed E-state index contributed by atoms with van der Waals surface area (Å²) < 4.78 is 10.7. The molecular weight excluding hydrogens is 414 g/mol. The van der Waals surface area contributed by atoms with Crippen LogP contribution >= 0.6 is 0 Å². The average molecular weight is 435 g/mol. The molecule has 0 aliphatic rings. The van der Waals surface area contributed by atoms with Crippen molar-refractivity contribution in [1.29, 1.82) is 0 Å². The summed E-state index contributed by atoms with van der Waals surface area (Å²) in [6.45, 7) is 1.59. The molecule has 0 saturated carbocycles. The van der Waals surface area contributed by atoms with Crippen LogP contribution in [0.1, 0.15) is 26.3 Å². The lowest BCUT2D eigenvalue weighted by atomic mass is 10.1. The lowest BCUT2D eigenvalue weighted by molar-refractivity contribution is -0.385. The maximum Gasteiger partial charge on any atom is 0.273 e. The Hall–Kier alpha value is -4.40. The van der Waals surface area contributed by atoms with E-state index in [-0.39, 0.29) is 28.6 Å². The van der Waals surface area contributed by atoms with Crippen LogP contribution in [0.4, 0.5) is 17.1 Å². The van der Waals surface area contributed by atoms with Gasteiger partial charge in [0.2, 0.25) is 0 Å². The van der Waals surface area contributed by atoms with Gasteiger partial charge in [0, 0.05) is 34.9 Å². The van der Waals surface area contributed by atoms with E-state index in [2.05, 4.69) is 10.6 Å². The number of nitrogens with one attached hydrogen (secondary N) is 2. The summed E-state index contributed by atoms with van der Waals surface area (Å²) in [6.07, 6.45) is 0. The fraction of sp³-hybridized carbons (Fsp3) is 0.130. The standard InChI is InChI=1S/C23H21N3O6/c1-14-9-10-16(11-19(14)26(29)30)23(28)25-18-13-20(31-2)17(12-21(18)32-3)24-22(27)15-7-5-4-6-8-15/h4-13H,1-3H3,(H,24,27)(H,25,28). The zero-order chi connectivity index (χ0) is 23.3. The van der Waals surface area contributed by atoms with Crippen molar-refractivity contribution in [2.24, 2.45) is 0 Å². The molecule has 0 aliphatic carbocycles. The van der Waals surface area contributed by atoms with Gasteiger partial charge in [-0.1, -0.05) is 24.3 Å². The molecule has 0 aliphatic heterocycles. The monoisotopic (exact) mass is 435 g/mol. The molecule has 32 heavy (non-hydrogen) atoms. The highest BCUT2D eigenvalue weighted by Gasteiger charge is 2.19. The molecule has 0 bridgehead atoms. The molecule has 0 fully saturated rings. The van der Waals surface area contributed by atoms with Crippen LogP contribution < -0.4 is 20.1 Å². The molecule has 0 saturated heterocycles. The molecule has 3 aromatic carbocycles. The molecule has 164 valence electrons. The number of nitro benzene ring substituents is 1. The quantitative estimate of drug-likeness (QED) is 0.419. The Kier molecular flexibility index (Phi) is 6.69. The number of aryl methyl sites for hydroxylation is 1. The second-order valence-corrected chi connectivity index (χ2v) is 6.79. The molecular formula is C23H21N3O6. The third kappa shape index (κ3) is 4.84. The van der Waals surface area contributed by atoms with Crippen LogP contribution in [-0.2, 0) is 0 Å². The molecule has 0 aromatic heterocycles. The van der Waals surface area contributed by atoms with Crippen LogP contribution in [0.3, 0.4) is 0 Å². The van der Waals surface area contributed by atoms with Crippen molar-refractivity contribution >= 4 is 28.9 Å². The molecule has 0 atom stereocenters. The molecule has 2 amide bonds. The Morgan fingerprint density at radius 3 is 1.84 bits per heavy atom. The van der Waals surface area contributed by atoms with Gasteiger partial charge in [-0.25, -0.2) is 0 Å². The van der Waals surface area contributed by atoms with Crippen molar-refractivity contribution in [2.75, 3.05) is 24.9 Å². The number of benzene rings is 3. The Bertz CT molecular complexity index is 1180. The van der Waals surface area contributed by atoms with Gasteiger partial charge >= 0.3 is 0 Å². The van der Waals surface area contributed by atoms with Gasteiger partial charge in [0.15, 0.2) is 0 Å². The number of amides is 2. The van der Waals surface area contributed by atoms with Crippen molar-refractivity contribution in [3.05, 3.63) is 87.5 Å². The Balaban J connectivity index is 1.89. The fourth-order valence-electron chi connectivity index (χ4n) is 3.02. The van der Waals surface area contributed by atoms with Crippen LogP contribution in [0.5, 0.6) is 11.5 Å². The molecule has 0 radical (unpaired) electrons. The molecule has 9 heteroatoms. The number of rotatable bonds is 7. The Morgan fingerprint density at radius 1 is 0.812 bits per heavy atom. The first-order valence-electron chi connectivity index (χ1n) is 9.53. The Labute approximate surface area is 184 Å². The topological polar surface area (TPSA) is 120 Å². The number of nitrogens with zero attached hydrogens (tertiary/aromatic N) is 1. The second-order valence-electron chi connectivity index (χ2n) is 6.79. The Morgan fingerprint density at radius 2 is 1.34 bits per heavy atom. The number of carbonyl (C=O) groups is 2. The first-order chi connectivity index (χ1) is 15.3. The highest BCUT2D eigenvalue weighted by atomic mass is 16.6. The number of anilines is 2. The van der Waals surface area contributed by atoms with E-state index in [1.165, 1.54) is 44.6 Å². The normalized spacial score (nSPS) is 10.2. The maximum atomic E-state index is 12.7. The van der Waals surface area contributed by atoms with E-state index in [1.54, 1.807) is 37.3 Å². The average Bonchev–Trinajstić information content (AvgIpc) is 2.80. The van der Waals surface area contributed by atoms with Crippen LogP contribution in [0.15, 0.2) is 60.7 Å². The van der Waals surface area contributed by atoms with Gasteiger partial charge in [-0.2, -0.15) is 0 Å². The molecule has 3 aromatic rings. The summed E-state index contributed by atoms with van der Waals surface area (Å²) in [7, 11) is 2.84. The smallest absolute Gasteiger partial charge is 0.273 e. The zero-order valence-corrected chi connectivity index (χ0v) is 17.7. The minimum Gasteiger partial charge on any atom is -0.494 e. The predicted molar refractivity (Wildman–Crippen MR) is 120 cm³/mol. The minimum atomic E-state index is -0.561. The van der Waals surface area contributed by atoms with Gasteiger partial charge in [0.1, 0.15) is 11.5 Å². The number of ether oxygens (including phenoxy) is 2. The lowest BCUT2D eigenvalue weighted by Gasteiger charge is -2.16. The highest BCUT2D eigenvalue weighted by Crippen LogP contribution is 2.37. The number of methoxy groups -OCH3 is 2. The second kappa shape index (κ2) is 9.61. The van der Waals surface area contributed by atoms with Crippen LogP contribution in [0, 0.1) is 17.0 Å². The van der Waals surface area contributed by atoms with Crippen molar-refractivity contribution in [1.82, 2.24) is 0 Å². The third-order valence-electron chi connectivity index (χ3n) is 4.72. The van der Waals surface area contributed by atoms with Crippen LogP contribution in [0.2, 0.25) is 0 Å². The van der Waals surface area contributed by atoms with E-state index in [9.17, 15) is 19.7 Å². The summed E-state index contributed by atoms with van der Waals surface area (Å²) >= 11 is 0. The molecule has 9 nitrogen and oxygen atoms in total. The van der Waals surface area contributed by atoms with E-state index < -0.39 is 10.8 Å². The summed E-state index contributed by atoms with van der Waals surface area (Å²) in [4.78, 5) is 35.9. The molecule has 0 unspecified atom stereocenters. The predicted octanol–water partition coefficient (Wildman–Crippen LogP) is 4.43. The largest absolute Gasteiger partial charge is 0.494 e. The maximum absolute atomic E-state index is 12.7. The first kappa shape index (κ1) is 22.3. The molecule has 2 N–H and O–H groups in total. The van der Waals surface area contributed by atoms with Gasteiger partial charge in [0.25, 0.3) is 17.5 Å². The lowest BCUT2D eigenvalue weighted by Crippen LogP contribution is -2.15. The number of carbonyl (C=O) groups excluding carboxylic acids is 2. The van der Waals surface area contributed by atoms with E-state index in [0.29, 0.717) is 22.6 Å². The summed E-state index contributed by atoms with van der Waals surface area (Å²) in [5, 5.41) is 16.6. The van der Waals surface area contributed by atoms with Crippen molar-refractivity contribution in [3.8, 4) is 11.5 Å². The van der Waals surface area contributed by atoms with Gasteiger partial charge in [-0.15, -0.1) is 0 Å². The van der Waals surface area contributed by atoms with Gasteiger partial charge in [0.05, 0.1) is 30.5 Å². The first-order valence-corrected chi connectivity index (χ1v) is 9.53. The number of hydrogen-bond donors (Lipinski definition) is 2. The third-order valence-corrected chi connectivity index (χ3v) is 4.72. The van der Waals surface area contributed by atoms with E-state index in [0.717, 1.165) is 0 Å². The summed E-state index contributed by atoms with van der Waals surface area (Å²) in [6, 6.07) is 15.9. The summed E-state index contributed by atoms with van der Waals surface area (Å²) in [5.74, 6) is -0.339. The zero-order valence-electron chi connectivity index (χ0n) is 17.7. The van der Waals surface area contributed by atoms with E-state index >= 15 is 0 Å². The summed E-state index contributed by atoms with van der Waals surface area (Å²) in [5.41, 5.74) is 1.50. The van der Waals surface area contributed by atoms with Crippen LogP contribution in [0.25, 0.3) is 0 Å². The number of nitro groups is 1. The van der Waals surface area contributed by atoms with Gasteiger partial charge in [-0.05, 0) is 25.1 Å². The van der Waals surface area contributed by atoms with E-state index in [1.807, 2.05) is 0 Å². The van der Waals surface area contributed by atoms with Crippen LogP contribution in [-0.4, -0.2) is 31.0 Å². The van der Waals surface area contributed by atoms with Crippen molar-refractivity contribution < 1.29 is 24.0 Å². The van der Waals surface area contributed by atoms with Gasteiger partial charge in [-0.3, -0.25) is 19.7 Å². The number of hydrogen-bond acceptors (Lipinski definition) is 6. The van der Waals surface area contributed by atoms with Crippen molar-refractivity contribution in [2.45, 2.75) is 6.92 Å². The van der Waals surface area contributed by atoms with Crippen molar-refractivity contribution in [3.63, 3.8) is 0 Å². The highest BCUT2D eigenvalue weighted by molar-refractivity contribution is 6.07. The minimum absolute atomic E-state index is 0.116. The van der Waals surface area contributed by atoms with E-state index in [4.69, 9.17) is 9.47 Å². The molecule has 0 spiro atoms. The molecule has 0 heterocycles. The molecule has 3 rings (SSSR count).